The molecule has 110 valence electrons. The van der Waals surface area contributed by atoms with Crippen LogP contribution in [-0.4, -0.2) is 44.0 Å². The van der Waals surface area contributed by atoms with Crippen molar-refractivity contribution < 1.29 is 13.2 Å². The third kappa shape index (κ3) is 4.18. The Labute approximate surface area is 115 Å². The molecule has 0 bridgehead atoms. The number of rotatable bonds is 5. The van der Waals surface area contributed by atoms with Crippen molar-refractivity contribution in [2.45, 2.75) is 45.1 Å². The molecular formula is C13H24N2O3S. The topological polar surface area (TPSA) is 66.5 Å². The van der Waals surface area contributed by atoms with Crippen LogP contribution in [0.1, 0.15) is 39.0 Å². The van der Waals surface area contributed by atoms with Gasteiger partial charge >= 0.3 is 0 Å². The standard InChI is InChI=1S/C13H24N2O3S/c1-3-10-9-15(19(2,17)18)7-6-11(10)8-13(16)14-12-4-5-12/h10-12H,3-9H2,1-2H3,(H,14,16). The summed E-state index contributed by atoms with van der Waals surface area (Å²) in [7, 11) is -3.10. The van der Waals surface area contributed by atoms with Gasteiger partial charge in [-0.15, -0.1) is 0 Å². The smallest absolute Gasteiger partial charge is 0.220 e. The molecule has 0 aromatic rings. The lowest BCUT2D eigenvalue weighted by molar-refractivity contribution is -0.122. The zero-order valence-corrected chi connectivity index (χ0v) is 12.6. The van der Waals surface area contributed by atoms with E-state index in [0.717, 1.165) is 25.7 Å². The fourth-order valence-electron chi connectivity index (χ4n) is 2.83. The Balaban J connectivity index is 1.89. The summed E-state index contributed by atoms with van der Waals surface area (Å²) in [6.07, 6.45) is 5.74. The van der Waals surface area contributed by atoms with E-state index in [9.17, 15) is 13.2 Å². The highest BCUT2D eigenvalue weighted by Gasteiger charge is 2.34. The molecule has 0 spiro atoms. The normalized spacial score (nSPS) is 29.2. The molecule has 2 aliphatic rings. The molecule has 0 aromatic carbocycles. The molecule has 1 aliphatic heterocycles. The Morgan fingerprint density at radius 2 is 1.95 bits per heavy atom. The summed E-state index contributed by atoms with van der Waals surface area (Å²) in [6.45, 7) is 3.19. The average molecular weight is 288 g/mol. The number of piperidine rings is 1. The van der Waals surface area contributed by atoms with Gasteiger partial charge in [0.25, 0.3) is 0 Å². The summed E-state index contributed by atoms with van der Waals surface area (Å²) in [5.41, 5.74) is 0. The van der Waals surface area contributed by atoms with E-state index in [1.54, 1.807) is 4.31 Å². The lowest BCUT2D eigenvalue weighted by Gasteiger charge is -2.36. The summed E-state index contributed by atoms with van der Waals surface area (Å²) < 4.78 is 24.7. The first-order chi connectivity index (χ1) is 8.90. The van der Waals surface area contributed by atoms with Gasteiger partial charge in [0.05, 0.1) is 6.26 Å². The fourth-order valence-corrected chi connectivity index (χ4v) is 3.73. The Morgan fingerprint density at radius 3 is 2.47 bits per heavy atom. The van der Waals surface area contributed by atoms with Crippen LogP contribution in [0.5, 0.6) is 0 Å². The maximum Gasteiger partial charge on any atom is 0.220 e. The first kappa shape index (κ1) is 14.8. The van der Waals surface area contributed by atoms with E-state index in [0.29, 0.717) is 37.4 Å². The van der Waals surface area contributed by atoms with Crippen molar-refractivity contribution in [3.8, 4) is 0 Å². The maximum atomic E-state index is 11.9. The van der Waals surface area contributed by atoms with Crippen LogP contribution < -0.4 is 5.32 Å². The second-order valence-electron chi connectivity index (χ2n) is 5.88. The van der Waals surface area contributed by atoms with Crippen LogP contribution >= 0.6 is 0 Å². The highest BCUT2D eigenvalue weighted by molar-refractivity contribution is 7.88. The van der Waals surface area contributed by atoms with E-state index < -0.39 is 10.0 Å². The van der Waals surface area contributed by atoms with Crippen LogP contribution in [-0.2, 0) is 14.8 Å². The summed E-state index contributed by atoms with van der Waals surface area (Å²) in [5, 5.41) is 3.02. The highest BCUT2D eigenvalue weighted by Crippen LogP contribution is 2.30. The Hall–Kier alpha value is -0.620. The lowest BCUT2D eigenvalue weighted by Crippen LogP contribution is -2.44. The maximum absolute atomic E-state index is 11.9. The first-order valence-corrected chi connectivity index (χ1v) is 8.99. The minimum atomic E-state index is -3.10. The van der Waals surface area contributed by atoms with Crippen molar-refractivity contribution in [3.05, 3.63) is 0 Å². The van der Waals surface area contributed by atoms with Gasteiger partial charge in [-0.05, 0) is 31.1 Å². The minimum Gasteiger partial charge on any atom is -0.353 e. The lowest BCUT2D eigenvalue weighted by atomic mass is 9.82. The number of nitrogens with one attached hydrogen (secondary N) is 1. The molecule has 2 unspecified atom stereocenters. The van der Waals surface area contributed by atoms with Crippen molar-refractivity contribution in [1.82, 2.24) is 9.62 Å². The third-order valence-electron chi connectivity index (χ3n) is 4.24. The van der Waals surface area contributed by atoms with Crippen molar-refractivity contribution >= 4 is 15.9 Å². The second kappa shape index (κ2) is 5.79. The molecule has 1 saturated carbocycles. The molecule has 0 radical (unpaired) electrons. The second-order valence-corrected chi connectivity index (χ2v) is 7.87. The average Bonchev–Trinajstić information content (AvgIpc) is 3.11. The van der Waals surface area contributed by atoms with Gasteiger partial charge in [0, 0.05) is 25.6 Å². The molecule has 19 heavy (non-hydrogen) atoms. The zero-order chi connectivity index (χ0) is 14.0. The monoisotopic (exact) mass is 288 g/mol. The van der Waals surface area contributed by atoms with Gasteiger partial charge in [-0.3, -0.25) is 4.79 Å². The first-order valence-electron chi connectivity index (χ1n) is 7.14. The molecule has 1 amide bonds. The van der Waals surface area contributed by atoms with Crippen molar-refractivity contribution in [2.75, 3.05) is 19.3 Å². The summed E-state index contributed by atoms with van der Waals surface area (Å²) >= 11 is 0. The molecule has 2 rings (SSSR count). The Bertz CT molecular complexity index is 431. The predicted molar refractivity (Wildman–Crippen MR) is 74.1 cm³/mol. The number of amides is 1. The van der Waals surface area contributed by atoms with E-state index in [1.165, 1.54) is 6.26 Å². The molecule has 1 saturated heterocycles. The van der Waals surface area contributed by atoms with Crippen LogP contribution in [0.3, 0.4) is 0 Å². The van der Waals surface area contributed by atoms with Crippen LogP contribution in [0.25, 0.3) is 0 Å². The number of carbonyl (C=O) groups is 1. The van der Waals surface area contributed by atoms with E-state index in [2.05, 4.69) is 12.2 Å². The molecule has 0 aromatic heterocycles. The fraction of sp³-hybridized carbons (Fsp3) is 0.923. The summed E-state index contributed by atoms with van der Waals surface area (Å²) in [6, 6.07) is 0.406. The van der Waals surface area contributed by atoms with Gasteiger partial charge in [-0.2, -0.15) is 0 Å². The largest absolute Gasteiger partial charge is 0.353 e. The zero-order valence-electron chi connectivity index (χ0n) is 11.8. The predicted octanol–water partition coefficient (Wildman–Crippen LogP) is 0.963. The highest BCUT2D eigenvalue weighted by atomic mass is 32.2. The molecule has 1 N–H and O–H groups in total. The molecule has 5 nitrogen and oxygen atoms in total. The van der Waals surface area contributed by atoms with Gasteiger partial charge < -0.3 is 5.32 Å². The van der Waals surface area contributed by atoms with Crippen molar-refractivity contribution in [1.29, 1.82) is 0 Å². The van der Waals surface area contributed by atoms with E-state index in [-0.39, 0.29) is 5.91 Å². The van der Waals surface area contributed by atoms with Crippen LogP contribution in [0, 0.1) is 11.8 Å². The molecule has 1 aliphatic carbocycles. The van der Waals surface area contributed by atoms with Gasteiger partial charge in [-0.25, -0.2) is 12.7 Å². The molecule has 2 fully saturated rings. The molecule has 1 heterocycles. The Kier molecular flexibility index (Phi) is 4.50. The number of carbonyl (C=O) groups excluding carboxylic acids is 1. The Morgan fingerprint density at radius 1 is 1.26 bits per heavy atom. The van der Waals surface area contributed by atoms with Gasteiger partial charge in [-0.1, -0.05) is 13.3 Å². The number of hydrogen-bond acceptors (Lipinski definition) is 3. The van der Waals surface area contributed by atoms with Crippen molar-refractivity contribution in [3.63, 3.8) is 0 Å². The number of sulfonamides is 1. The van der Waals surface area contributed by atoms with Crippen LogP contribution in [0.15, 0.2) is 0 Å². The number of hydrogen-bond donors (Lipinski definition) is 1. The SMILES string of the molecule is CCC1CN(S(C)(=O)=O)CCC1CC(=O)NC1CC1. The quantitative estimate of drug-likeness (QED) is 0.819. The van der Waals surface area contributed by atoms with Gasteiger partial charge in [0.15, 0.2) is 0 Å². The van der Waals surface area contributed by atoms with Gasteiger partial charge in [0.1, 0.15) is 0 Å². The number of nitrogens with zero attached hydrogens (tertiary/aromatic N) is 1. The summed E-state index contributed by atoms with van der Waals surface area (Å²) in [4.78, 5) is 11.9. The third-order valence-corrected chi connectivity index (χ3v) is 5.51. The molecule has 6 heteroatoms. The molecule has 2 atom stereocenters. The summed E-state index contributed by atoms with van der Waals surface area (Å²) in [5.74, 6) is 0.758. The van der Waals surface area contributed by atoms with E-state index >= 15 is 0 Å². The van der Waals surface area contributed by atoms with Crippen molar-refractivity contribution in [2.24, 2.45) is 11.8 Å². The van der Waals surface area contributed by atoms with Crippen LogP contribution in [0.2, 0.25) is 0 Å². The minimum absolute atomic E-state index is 0.138. The molecular weight excluding hydrogens is 264 g/mol. The van der Waals surface area contributed by atoms with Crippen LogP contribution in [0.4, 0.5) is 0 Å². The van der Waals surface area contributed by atoms with E-state index in [1.807, 2.05) is 0 Å². The van der Waals surface area contributed by atoms with E-state index in [4.69, 9.17) is 0 Å². The van der Waals surface area contributed by atoms with Gasteiger partial charge in [0.2, 0.25) is 15.9 Å².